The van der Waals surface area contributed by atoms with E-state index < -0.39 is 0 Å². The van der Waals surface area contributed by atoms with E-state index in [0.717, 1.165) is 51.5 Å². The summed E-state index contributed by atoms with van der Waals surface area (Å²) in [7, 11) is 0. The molecule has 0 N–H and O–H groups in total. The van der Waals surface area contributed by atoms with Gasteiger partial charge in [0, 0.05) is 19.0 Å². The summed E-state index contributed by atoms with van der Waals surface area (Å²) in [4.78, 5) is 26.1. The van der Waals surface area contributed by atoms with Crippen LogP contribution in [-0.4, -0.2) is 36.5 Å². The molecule has 0 atom stereocenters. The van der Waals surface area contributed by atoms with Crippen molar-refractivity contribution >= 4 is 11.9 Å². The summed E-state index contributed by atoms with van der Waals surface area (Å²) in [6.07, 6.45) is 9.23. The van der Waals surface area contributed by atoms with Crippen LogP contribution in [0.3, 0.4) is 0 Å². The van der Waals surface area contributed by atoms with Crippen LogP contribution in [0, 0.1) is 5.92 Å². The molecule has 0 heterocycles. The maximum Gasteiger partial charge on any atom is 0.307 e. The Bertz CT molecular complexity index is 311. The van der Waals surface area contributed by atoms with E-state index in [4.69, 9.17) is 4.74 Å². The highest BCUT2D eigenvalue weighted by Crippen LogP contribution is 2.25. The van der Waals surface area contributed by atoms with Gasteiger partial charge in [0.25, 0.3) is 0 Å². The quantitative estimate of drug-likeness (QED) is 0.483. The molecule has 122 valence electrons. The molecule has 0 aliphatic heterocycles. The summed E-state index contributed by atoms with van der Waals surface area (Å²) in [5.41, 5.74) is 0. The summed E-state index contributed by atoms with van der Waals surface area (Å²) in [5, 5.41) is 0. The molecule has 0 aromatic carbocycles. The molecule has 0 radical (unpaired) electrons. The minimum absolute atomic E-state index is 0.183. The maximum absolute atomic E-state index is 12.6. The first-order valence-electron chi connectivity index (χ1n) is 8.63. The molecule has 1 fully saturated rings. The smallest absolute Gasteiger partial charge is 0.307 e. The molecule has 1 saturated carbocycles. The molecule has 1 aliphatic carbocycles. The minimum atomic E-state index is -0.200. The first-order valence-corrected chi connectivity index (χ1v) is 8.63. The van der Waals surface area contributed by atoms with Crippen molar-refractivity contribution in [3.63, 3.8) is 0 Å². The highest BCUT2D eigenvalue weighted by molar-refractivity contribution is 5.79. The molecule has 0 aromatic heterocycles. The van der Waals surface area contributed by atoms with Crippen LogP contribution in [0.1, 0.15) is 71.6 Å². The van der Waals surface area contributed by atoms with Crippen LogP contribution in [0.2, 0.25) is 0 Å². The van der Waals surface area contributed by atoms with Gasteiger partial charge in [-0.2, -0.15) is 0 Å². The minimum Gasteiger partial charge on any atom is -0.466 e. The van der Waals surface area contributed by atoms with Crippen molar-refractivity contribution in [2.24, 2.45) is 5.92 Å². The van der Waals surface area contributed by atoms with Crippen molar-refractivity contribution in [1.29, 1.82) is 0 Å². The molecule has 1 rings (SSSR count). The Morgan fingerprint density at radius 3 is 2.38 bits per heavy atom. The Hall–Kier alpha value is -1.06. The third kappa shape index (κ3) is 6.96. The second-order valence-corrected chi connectivity index (χ2v) is 5.92. The summed E-state index contributed by atoms with van der Waals surface area (Å²) >= 11 is 0. The number of nitrogens with zero attached hydrogens (tertiary/aromatic N) is 1. The third-order valence-corrected chi connectivity index (χ3v) is 4.19. The maximum atomic E-state index is 12.6. The van der Waals surface area contributed by atoms with Gasteiger partial charge >= 0.3 is 5.97 Å². The Morgan fingerprint density at radius 1 is 1.05 bits per heavy atom. The second-order valence-electron chi connectivity index (χ2n) is 5.92. The highest BCUT2D eigenvalue weighted by Gasteiger charge is 2.26. The van der Waals surface area contributed by atoms with Crippen LogP contribution < -0.4 is 0 Å². The van der Waals surface area contributed by atoms with Crippen LogP contribution in [-0.2, 0) is 14.3 Å². The molecule has 1 amide bonds. The number of esters is 1. The first kappa shape index (κ1) is 18.0. The lowest BCUT2D eigenvalue weighted by atomic mass is 9.88. The Kier molecular flexibility index (Phi) is 9.11. The van der Waals surface area contributed by atoms with Crippen LogP contribution in [0.25, 0.3) is 0 Å². The fourth-order valence-electron chi connectivity index (χ4n) is 2.95. The molecule has 21 heavy (non-hydrogen) atoms. The number of carbonyl (C=O) groups is 2. The van der Waals surface area contributed by atoms with E-state index in [2.05, 4.69) is 6.92 Å². The highest BCUT2D eigenvalue weighted by atomic mass is 16.5. The van der Waals surface area contributed by atoms with Gasteiger partial charge in [0.05, 0.1) is 13.0 Å². The van der Waals surface area contributed by atoms with Gasteiger partial charge in [-0.3, -0.25) is 9.59 Å². The fraction of sp³-hybridized carbons (Fsp3) is 0.882. The average Bonchev–Trinajstić information content (AvgIpc) is 2.51. The van der Waals surface area contributed by atoms with Crippen LogP contribution in [0.5, 0.6) is 0 Å². The number of hydrogen-bond acceptors (Lipinski definition) is 3. The third-order valence-electron chi connectivity index (χ3n) is 4.19. The van der Waals surface area contributed by atoms with Crippen molar-refractivity contribution in [1.82, 2.24) is 4.90 Å². The number of hydrogen-bond donors (Lipinski definition) is 0. The van der Waals surface area contributed by atoms with Gasteiger partial charge in [0.2, 0.25) is 5.91 Å². The molecular formula is C17H31NO3. The lowest BCUT2D eigenvalue weighted by Crippen LogP contribution is -2.39. The molecule has 4 nitrogen and oxygen atoms in total. The Morgan fingerprint density at radius 2 is 1.76 bits per heavy atom. The summed E-state index contributed by atoms with van der Waals surface area (Å²) in [6, 6.07) is 0. The molecule has 0 saturated heterocycles. The molecule has 0 spiro atoms. The monoisotopic (exact) mass is 297 g/mol. The number of carbonyl (C=O) groups excluding carboxylic acids is 2. The standard InChI is InChI=1S/C17H31NO3/c1-3-5-9-13-18(14-12-16(19)21-4-2)17(20)15-10-7-6-8-11-15/h15H,3-14H2,1-2H3. The topological polar surface area (TPSA) is 46.6 Å². The van der Waals surface area contributed by atoms with Gasteiger partial charge in [0.15, 0.2) is 0 Å². The van der Waals surface area contributed by atoms with Crippen molar-refractivity contribution in [2.45, 2.75) is 71.6 Å². The zero-order valence-electron chi connectivity index (χ0n) is 13.7. The van der Waals surface area contributed by atoms with E-state index in [1.54, 1.807) is 0 Å². The molecular weight excluding hydrogens is 266 g/mol. The zero-order chi connectivity index (χ0) is 15.5. The van der Waals surface area contributed by atoms with E-state index in [1.165, 1.54) is 6.42 Å². The second kappa shape index (κ2) is 10.6. The first-order chi connectivity index (χ1) is 10.2. The summed E-state index contributed by atoms with van der Waals surface area (Å²) in [6.45, 7) is 5.67. The van der Waals surface area contributed by atoms with E-state index >= 15 is 0 Å². The number of ether oxygens (including phenoxy) is 1. The SMILES string of the molecule is CCCCCN(CCC(=O)OCC)C(=O)C1CCCCC1. The Balaban J connectivity index is 2.48. The van der Waals surface area contributed by atoms with E-state index in [1.807, 2.05) is 11.8 Å². The number of amides is 1. The fourth-order valence-corrected chi connectivity index (χ4v) is 2.95. The number of rotatable bonds is 9. The van der Waals surface area contributed by atoms with Gasteiger partial charge in [-0.05, 0) is 26.2 Å². The van der Waals surface area contributed by atoms with Crippen LogP contribution >= 0.6 is 0 Å². The molecule has 1 aliphatic rings. The van der Waals surface area contributed by atoms with Crippen LogP contribution in [0.15, 0.2) is 0 Å². The lowest BCUT2D eigenvalue weighted by molar-refractivity contribution is -0.144. The predicted octanol–water partition coefficient (Wildman–Crippen LogP) is 3.54. The van der Waals surface area contributed by atoms with Crippen molar-refractivity contribution in [3.8, 4) is 0 Å². The van der Waals surface area contributed by atoms with E-state index in [0.29, 0.717) is 19.6 Å². The van der Waals surface area contributed by atoms with Gasteiger partial charge in [-0.25, -0.2) is 0 Å². The molecule has 0 bridgehead atoms. The zero-order valence-corrected chi connectivity index (χ0v) is 13.7. The van der Waals surface area contributed by atoms with Gasteiger partial charge < -0.3 is 9.64 Å². The van der Waals surface area contributed by atoms with Crippen LogP contribution in [0.4, 0.5) is 0 Å². The predicted molar refractivity (Wildman–Crippen MR) is 83.9 cm³/mol. The summed E-state index contributed by atoms with van der Waals surface area (Å²) in [5.74, 6) is 0.243. The molecule has 0 unspecified atom stereocenters. The van der Waals surface area contributed by atoms with E-state index in [-0.39, 0.29) is 17.8 Å². The van der Waals surface area contributed by atoms with Gasteiger partial charge in [0.1, 0.15) is 0 Å². The van der Waals surface area contributed by atoms with Crippen molar-refractivity contribution < 1.29 is 14.3 Å². The lowest BCUT2D eigenvalue weighted by Gasteiger charge is -2.29. The normalized spacial score (nSPS) is 15.7. The van der Waals surface area contributed by atoms with Crippen molar-refractivity contribution in [3.05, 3.63) is 0 Å². The van der Waals surface area contributed by atoms with Crippen molar-refractivity contribution in [2.75, 3.05) is 19.7 Å². The van der Waals surface area contributed by atoms with E-state index in [9.17, 15) is 9.59 Å². The number of unbranched alkanes of at least 4 members (excludes halogenated alkanes) is 2. The Labute approximate surface area is 129 Å². The largest absolute Gasteiger partial charge is 0.466 e. The van der Waals surface area contributed by atoms with Gasteiger partial charge in [-0.15, -0.1) is 0 Å². The van der Waals surface area contributed by atoms with Gasteiger partial charge in [-0.1, -0.05) is 39.0 Å². The molecule has 0 aromatic rings. The molecule has 4 heteroatoms. The summed E-state index contributed by atoms with van der Waals surface area (Å²) < 4.78 is 4.97. The average molecular weight is 297 g/mol.